The van der Waals surface area contributed by atoms with Gasteiger partial charge in [0.05, 0.1) is 4.70 Å². The third-order valence-electron chi connectivity index (χ3n) is 2.60. The lowest BCUT2D eigenvalue weighted by Gasteiger charge is -2.17. The van der Waals surface area contributed by atoms with Gasteiger partial charge in [-0.15, -0.1) is 0 Å². The molecule has 0 saturated heterocycles. The molecule has 17 heavy (non-hydrogen) atoms. The number of aromatic nitrogens is 1. The normalized spacial score (nSPS) is 12.9. The number of hydrogen-bond acceptors (Lipinski definition) is 4. The Morgan fingerprint density at radius 2 is 2.12 bits per heavy atom. The number of hydrogen-bond donors (Lipinski definition) is 2. The maximum atomic E-state index is 11.1. The van der Waals surface area contributed by atoms with Crippen LogP contribution >= 0.6 is 11.5 Å². The summed E-state index contributed by atoms with van der Waals surface area (Å²) < 4.78 is 5.33. The molecule has 4 nitrogen and oxygen atoms in total. The molecule has 2 N–H and O–H groups in total. The Balaban J connectivity index is 2.31. The molecule has 0 amide bonds. The van der Waals surface area contributed by atoms with Crippen molar-refractivity contribution in [1.29, 1.82) is 0 Å². The van der Waals surface area contributed by atoms with Gasteiger partial charge in [0, 0.05) is 5.39 Å². The molecule has 1 aromatic heterocycles. The lowest BCUT2D eigenvalue weighted by Crippen LogP contribution is -2.34. The van der Waals surface area contributed by atoms with Crippen molar-refractivity contribution >= 4 is 33.4 Å². The van der Waals surface area contributed by atoms with E-state index in [9.17, 15) is 4.79 Å². The van der Waals surface area contributed by atoms with Crippen molar-refractivity contribution in [2.75, 3.05) is 5.32 Å². The molecule has 1 atom stereocenters. The average molecular weight is 250 g/mol. The fourth-order valence-electron chi connectivity index (χ4n) is 1.65. The average Bonchev–Trinajstić information content (AvgIpc) is 2.68. The summed E-state index contributed by atoms with van der Waals surface area (Å²) >= 11 is 1.37. The molecule has 0 radical (unpaired) electrons. The van der Waals surface area contributed by atoms with E-state index in [1.165, 1.54) is 11.5 Å². The minimum Gasteiger partial charge on any atom is -0.480 e. The van der Waals surface area contributed by atoms with Gasteiger partial charge < -0.3 is 10.4 Å². The standard InChI is InChI=1S/C12H14N2O2S/c1-7(2)10(12(15)16)13-11-8-5-3-4-6-9(8)17-14-11/h3-7,10H,1-2H3,(H,13,14)(H,15,16). The van der Waals surface area contributed by atoms with Crippen molar-refractivity contribution in [3.63, 3.8) is 0 Å². The lowest BCUT2D eigenvalue weighted by atomic mass is 10.0. The number of anilines is 1. The zero-order valence-corrected chi connectivity index (χ0v) is 10.5. The monoisotopic (exact) mass is 250 g/mol. The first-order chi connectivity index (χ1) is 8.09. The van der Waals surface area contributed by atoms with Crippen molar-refractivity contribution < 1.29 is 9.90 Å². The van der Waals surface area contributed by atoms with Gasteiger partial charge in [-0.05, 0) is 29.6 Å². The largest absolute Gasteiger partial charge is 0.480 e. The van der Waals surface area contributed by atoms with Crippen LogP contribution < -0.4 is 5.32 Å². The Morgan fingerprint density at radius 3 is 2.76 bits per heavy atom. The van der Waals surface area contributed by atoms with Gasteiger partial charge in [-0.3, -0.25) is 0 Å². The van der Waals surface area contributed by atoms with Crippen molar-refractivity contribution in [2.45, 2.75) is 19.9 Å². The number of carboxylic acid groups (broad SMARTS) is 1. The van der Waals surface area contributed by atoms with Crippen LogP contribution in [0.2, 0.25) is 0 Å². The number of fused-ring (bicyclic) bond motifs is 1. The van der Waals surface area contributed by atoms with Gasteiger partial charge >= 0.3 is 5.97 Å². The van der Waals surface area contributed by atoms with Crippen LogP contribution in [0.5, 0.6) is 0 Å². The highest BCUT2D eigenvalue weighted by molar-refractivity contribution is 7.13. The van der Waals surface area contributed by atoms with Crippen LogP contribution in [0.3, 0.4) is 0 Å². The van der Waals surface area contributed by atoms with E-state index in [0.717, 1.165) is 10.1 Å². The highest BCUT2D eigenvalue weighted by Gasteiger charge is 2.22. The van der Waals surface area contributed by atoms with E-state index < -0.39 is 12.0 Å². The van der Waals surface area contributed by atoms with Crippen LogP contribution in [-0.4, -0.2) is 21.5 Å². The summed E-state index contributed by atoms with van der Waals surface area (Å²) in [5, 5.41) is 13.1. The minimum atomic E-state index is -0.850. The van der Waals surface area contributed by atoms with E-state index in [1.54, 1.807) is 0 Å². The molecule has 1 heterocycles. The van der Waals surface area contributed by atoms with Gasteiger partial charge in [-0.1, -0.05) is 26.0 Å². The van der Waals surface area contributed by atoms with E-state index in [1.807, 2.05) is 38.1 Å². The predicted octanol–water partition coefficient (Wildman–Crippen LogP) is 2.82. The molecule has 0 fully saturated rings. The first kappa shape index (κ1) is 11.9. The molecular weight excluding hydrogens is 236 g/mol. The third-order valence-corrected chi connectivity index (χ3v) is 3.43. The summed E-state index contributed by atoms with van der Waals surface area (Å²) in [4.78, 5) is 11.1. The van der Waals surface area contributed by atoms with E-state index in [4.69, 9.17) is 5.11 Å². The summed E-state index contributed by atoms with van der Waals surface area (Å²) in [5.41, 5.74) is 0. The van der Waals surface area contributed by atoms with Crippen LogP contribution in [0.4, 0.5) is 5.82 Å². The molecule has 0 saturated carbocycles. The molecule has 1 unspecified atom stereocenters. The van der Waals surface area contributed by atoms with E-state index in [2.05, 4.69) is 9.69 Å². The number of nitrogens with zero attached hydrogens (tertiary/aromatic N) is 1. The maximum absolute atomic E-state index is 11.1. The van der Waals surface area contributed by atoms with Gasteiger partial charge in [-0.2, -0.15) is 4.37 Å². The highest BCUT2D eigenvalue weighted by Crippen LogP contribution is 2.27. The Labute approximate surface area is 103 Å². The lowest BCUT2D eigenvalue weighted by molar-refractivity contribution is -0.138. The predicted molar refractivity (Wildman–Crippen MR) is 69.5 cm³/mol. The van der Waals surface area contributed by atoms with Gasteiger partial charge in [0.15, 0.2) is 0 Å². The topological polar surface area (TPSA) is 62.2 Å². The van der Waals surface area contributed by atoms with E-state index >= 15 is 0 Å². The summed E-state index contributed by atoms with van der Waals surface area (Å²) in [6.45, 7) is 3.75. The number of carboxylic acids is 1. The van der Waals surface area contributed by atoms with Gasteiger partial charge in [0.2, 0.25) is 0 Å². The third kappa shape index (κ3) is 2.39. The second-order valence-corrected chi connectivity index (χ2v) is 5.04. The number of nitrogens with one attached hydrogen (secondary N) is 1. The quantitative estimate of drug-likeness (QED) is 0.876. The summed E-state index contributed by atoms with van der Waals surface area (Å²) in [5.74, 6) is -0.184. The number of benzene rings is 1. The maximum Gasteiger partial charge on any atom is 0.326 e. The number of carbonyl (C=O) groups is 1. The minimum absolute atomic E-state index is 0.00737. The Hall–Kier alpha value is -1.62. The molecule has 0 aliphatic heterocycles. The van der Waals surface area contributed by atoms with Crippen LogP contribution in [0, 0.1) is 5.92 Å². The molecule has 90 valence electrons. The Kier molecular flexibility index (Phi) is 3.28. The van der Waals surface area contributed by atoms with Gasteiger partial charge in [0.1, 0.15) is 11.9 Å². The molecule has 5 heteroatoms. The molecule has 0 aliphatic rings. The number of rotatable bonds is 4. The molecular formula is C12H14N2O2S. The van der Waals surface area contributed by atoms with Crippen LogP contribution in [0.25, 0.3) is 10.1 Å². The molecule has 0 spiro atoms. The van der Waals surface area contributed by atoms with Crippen LogP contribution in [0.1, 0.15) is 13.8 Å². The summed E-state index contributed by atoms with van der Waals surface area (Å²) in [6, 6.07) is 7.18. The van der Waals surface area contributed by atoms with E-state index in [-0.39, 0.29) is 5.92 Å². The van der Waals surface area contributed by atoms with Crippen molar-refractivity contribution in [2.24, 2.45) is 5.92 Å². The Bertz CT molecular complexity index is 536. The highest BCUT2D eigenvalue weighted by atomic mass is 32.1. The first-order valence-corrected chi connectivity index (χ1v) is 6.20. The fraction of sp³-hybridized carbons (Fsp3) is 0.333. The second-order valence-electron chi connectivity index (χ2n) is 4.23. The van der Waals surface area contributed by atoms with Crippen LogP contribution in [0.15, 0.2) is 24.3 Å². The summed E-state index contributed by atoms with van der Waals surface area (Å²) in [7, 11) is 0. The van der Waals surface area contributed by atoms with Crippen molar-refractivity contribution in [3.8, 4) is 0 Å². The zero-order valence-electron chi connectivity index (χ0n) is 9.68. The zero-order chi connectivity index (χ0) is 12.4. The molecule has 0 bridgehead atoms. The van der Waals surface area contributed by atoms with Gasteiger partial charge in [-0.25, -0.2) is 4.79 Å². The second kappa shape index (κ2) is 4.71. The fourth-order valence-corrected chi connectivity index (χ4v) is 2.39. The van der Waals surface area contributed by atoms with Gasteiger partial charge in [0.25, 0.3) is 0 Å². The Morgan fingerprint density at radius 1 is 1.41 bits per heavy atom. The van der Waals surface area contributed by atoms with Crippen molar-refractivity contribution in [3.05, 3.63) is 24.3 Å². The van der Waals surface area contributed by atoms with Crippen LogP contribution in [-0.2, 0) is 4.79 Å². The first-order valence-electron chi connectivity index (χ1n) is 5.43. The summed E-state index contributed by atoms with van der Waals surface area (Å²) in [6.07, 6.45) is 0. The van der Waals surface area contributed by atoms with Crippen molar-refractivity contribution in [1.82, 2.24) is 4.37 Å². The molecule has 2 aromatic rings. The SMILES string of the molecule is CC(C)C(Nc1nsc2ccccc12)C(=O)O. The molecule has 2 rings (SSSR count). The number of aliphatic carboxylic acids is 1. The molecule has 1 aromatic carbocycles. The smallest absolute Gasteiger partial charge is 0.326 e. The molecule has 0 aliphatic carbocycles. The van der Waals surface area contributed by atoms with E-state index in [0.29, 0.717) is 5.82 Å².